The van der Waals surface area contributed by atoms with E-state index in [9.17, 15) is 13.2 Å². The maximum atomic E-state index is 11.7. The highest BCUT2D eigenvalue weighted by molar-refractivity contribution is 7.89. The van der Waals surface area contributed by atoms with Gasteiger partial charge in [-0.05, 0) is 18.2 Å². The van der Waals surface area contributed by atoms with Crippen molar-refractivity contribution in [3.63, 3.8) is 0 Å². The highest BCUT2D eigenvalue weighted by Gasteiger charge is 2.13. The fourth-order valence-corrected chi connectivity index (χ4v) is 1.89. The van der Waals surface area contributed by atoms with Gasteiger partial charge in [0.05, 0.1) is 6.26 Å². The number of amides is 1. The predicted molar refractivity (Wildman–Crippen MR) is 73.1 cm³/mol. The number of hydrogen-bond acceptors (Lipinski definition) is 5. The molecule has 104 valence electrons. The molecule has 7 heteroatoms. The third-order valence-corrected chi connectivity index (χ3v) is 2.78. The van der Waals surface area contributed by atoms with Gasteiger partial charge in [0.25, 0.3) is 5.91 Å². The van der Waals surface area contributed by atoms with Crippen molar-refractivity contribution in [3.05, 3.63) is 54.4 Å². The van der Waals surface area contributed by atoms with Crippen molar-refractivity contribution in [1.82, 2.24) is 9.71 Å². The fraction of sp³-hybridized carbons (Fsp3) is 0.0769. The molecule has 0 unspecified atom stereocenters. The molecular formula is C13H12N2O4S. The third-order valence-electron chi connectivity index (χ3n) is 2.22. The zero-order valence-electron chi connectivity index (χ0n) is 10.6. The van der Waals surface area contributed by atoms with Crippen LogP contribution in [0, 0.1) is 0 Å². The second-order valence-electron chi connectivity index (χ2n) is 4.00. The second-order valence-corrected chi connectivity index (χ2v) is 5.74. The molecule has 0 bridgehead atoms. The van der Waals surface area contributed by atoms with Gasteiger partial charge in [0, 0.05) is 12.3 Å². The molecule has 0 atom stereocenters. The molecule has 2 aromatic rings. The van der Waals surface area contributed by atoms with Crippen LogP contribution in [0.1, 0.15) is 10.5 Å². The van der Waals surface area contributed by atoms with Gasteiger partial charge in [-0.1, -0.05) is 18.2 Å². The van der Waals surface area contributed by atoms with Crippen LogP contribution in [-0.2, 0) is 10.0 Å². The molecule has 0 aliphatic heterocycles. The average molecular weight is 292 g/mol. The first-order chi connectivity index (χ1) is 9.44. The van der Waals surface area contributed by atoms with Gasteiger partial charge in [-0.2, -0.15) is 0 Å². The maximum Gasteiger partial charge on any atom is 0.283 e. The minimum Gasteiger partial charge on any atom is -0.457 e. The van der Waals surface area contributed by atoms with Crippen molar-refractivity contribution in [3.8, 4) is 11.5 Å². The van der Waals surface area contributed by atoms with Crippen LogP contribution in [0.3, 0.4) is 0 Å². The smallest absolute Gasteiger partial charge is 0.283 e. The van der Waals surface area contributed by atoms with E-state index in [0.29, 0.717) is 11.5 Å². The minimum absolute atomic E-state index is 0.0381. The number of rotatable bonds is 4. The lowest BCUT2D eigenvalue weighted by molar-refractivity contribution is 0.0976. The van der Waals surface area contributed by atoms with E-state index in [2.05, 4.69) is 4.98 Å². The molecule has 0 spiro atoms. The summed E-state index contributed by atoms with van der Waals surface area (Å²) >= 11 is 0. The molecule has 0 aliphatic carbocycles. The molecule has 1 heterocycles. The fourth-order valence-electron chi connectivity index (χ4n) is 1.44. The van der Waals surface area contributed by atoms with Crippen LogP contribution in [0.25, 0.3) is 0 Å². The number of nitrogens with one attached hydrogen (secondary N) is 1. The maximum absolute atomic E-state index is 11.7. The molecular weight excluding hydrogens is 280 g/mol. The summed E-state index contributed by atoms with van der Waals surface area (Å²) in [6, 6.07) is 11.9. The van der Waals surface area contributed by atoms with Crippen molar-refractivity contribution in [2.24, 2.45) is 0 Å². The number of para-hydroxylation sites is 1. The molecule has 1 aromatic heterocycles. The summed E-state index contributed by atoms with van der Waals surface area (Å²) in [6.07, 6.45) is 2.27. The van der Waals surface area contributed by atoms with Gasteiger partial charge in [0.2, 0.25) is 10.0 Å². The van der Waals surface area contributed by atoms with Crippen LogP contribution in [-0.4, -0.2) is 25.6 Å². The van der Waals surface area contributed by atoms with E-state index in [1.54, 1.807) is 18.2 Å². The van der Waals surface area contributed by atoms with Crippen molar-refractivity contribution in [2.45, 2.75) is 0 Å². The predicted octanol–water partition coefficient (Wildman–Crippen LogP) is 1.56. The highest BCUT2D eigenvalue weighted by atomic mass is 32.2. The average Bonchev–Trinajstić information content (AvgIpc) is 2.38. The first-order valence-electron chi connectivity index (χ1n) is 5.65. The molecule has 0 saturated heterocycles. The molecule has 20 heavy (non-hydrogen) atoms. The second kappa shape index (κ2) is 5.70. The molecule has 2 rings (SSSR count). The zero-order valence-corrected chi connectivity index (χ0v) is 11.4. The highest BCUT2D eigenvalue weighted by Crippen LogP contribution is 2.20. The molecule has 6 nitrogen and oxygen atoms in total. The topological polar surface area (TPSA) is 85.4 Å². The monoisotopic (exact) mass is 292 g/mol. The number of aromatic nitrogens is 1. The molecule has 0 saturated carbocycles. The Balaban J connectivity index is 2.18. The third kappa shape index (κ3) is 4.06. The van der Waals surface area contributed by atoms with Crippen molar-refractivity contribution >= 4 is 15.9 Å². The Morgan fingerprint density at radius 2 is 1.85 bits per heavy atom. The Kier molecular flexibility index (Phi) is 3.99. The summed E-state index contributed by atoms with van der Waals surface area (Å²) in [5.41, 5.74) is -0.0381. The Bertz CT molecular complexity index is 714. The van der Waals surface area contributed by atoms with Gasteiger partial charge in [-0.3, -0.25) is 9.78 Å². The van der Waals surface area contributed by atoms with Gasteiger partial charge < -0.3 is 4.74 Å². The van der Waals surface area contributed by atoms with Crippen molar-refractivity contribution in [1.29, 1.82) is 0 Å². The number of pyridine rings is 1. The van der Waals surface area contributed by atoms with Crippen LogP contribution in [0.2, 0.25) is 0 Å². The van der Waals surface area contributed by atoms with E-state index < -0.39 is 15.9 Å². The number of ether oxygens (including phenoxy) is 1. The molecule has 0 aliphatic rings. The molecule has 1 aromatic carbocycles. The Morgan fingerprint density at radius 1 is 1.15 bits per heavy atom. The summed E-state index contributed by atoms with van der Waals surface area (Å²) in [7, 11) is -3.62. The van der Waals surface area contributed by atoms with E-state index >= 15 is 0 Å². The standard InChI is InChI=1S/C13H12N2O4S/c1-20(17,18)15-13(16)12-9-11(7-8-14-12)19-10-5-3-2-4-6-10/h2-9H,1H3,(H,15,16). The number of carbonyl (C=O) groups is 1. The summed E-state index contributed by atoms with van der Waals surface area (Å²) in [5, 5.41) is 0. The number of nitrogens with zero attached hydrogens (tertiary/aromatic N) is 1. The van der Waals surface area contributed by atoms with Crippen LogP contribution in [0.15, 0.2) is 48.7 Å². The number of sulfonamides is 1. The zero-order chi connectivity index (χ0) is 14.6. The van der Waals surface area contributed by atoms with Crippen LogP contribution < -0.4 is 9.46 Å². The molecule has 1 amide bonds. The van der Waals surface area contributed by atoms with Crippen molar-refractivity contribution < 1.29 is 17.9 Å². The van der Waals surface area contributed by atoms with Gasteiger partial charge >= 0.3 is 0 Å². The molecule has 0 radical (unpaired) electrons. The summed E-state index contributed by atoms with van der Waals surface area (Å²) in [4.78, 5) is 15.5. The van der Waals surface area contributed by atoms with Gasteiger partial charge in [-0.15, -0.1) is 0 Å². The Morgan fingerprint density at radius 3 is 2.50 bits per heavy atom. The Hall–Kier alpha value is -2.41. The van der Waals surface area contributed by atoms with Crippen molar-refractivity contribution in [2.75, 3.05) is 6.26 Å². The molecule has 1 N–H and O–H groups in total. The van der Waals surface area contributed by atoms with E-state index in [-0.39, 0.29) is 5.69 Å². The molecule has 0 fully saturated rings. The lowest BCUT2D eigenvalue weighted by Crippen LogP contribution is -2.29. The summed E-state index contributed by atoms with van der Waals surface area (Å²) < 4.78 is 29.4. The van der Waals surface area contributed by atoms with Gasteiger partial charge in [0.1, 0.15) is 17.2 Å². The first-order valence-corrected chi connectivity index (χ1v) is 7.54. The number of hydrogen-bond donors (Lipinski definition) is 1. The number of carbonyl (C=O) groups excluding carboxylic acids is 1. The largest absolute Gasteiger partial charge is 0.457 e. The quantitative estimate of drug-likeness (QED) is 0.924. The van der Waals surface area contributed by atoms with Gasteiger partial charge in [-0.25, -0.2) is 13.1 Å². The van der Waals surface area contributed by atoms with Gasteiger partial charge in [0.15, 0.2) is 0 Å². The van der Waals surface area contributed by atoms with E-state index in [1.165, 1.54) is 12.3 Å². The summed E-state index contributed by atoms with van der Waals surface area (Å²) in [5.74, 6) is 0.198. The SMILES string of the molecule is CS(=O)(=O)NC(=O)c1cc(Oc2ccccc2)ccn1. The lowest BCUT2D eigenvalue weighted by Gasteiger charge is -2.07. The van der Waals surface area contributed by atoms with E-state index in [0.717, 1.165) is 6.26 Å². The van der Waals surface area contributed by atoms with Crippen LogP contribution in [0.5, 0.6) is 11.5 Å². The Labute approximate surface area is 116 Å². The lowest BCUT2D eigenvalue weighted by atomic mass is 10.3. The summed E-state index contributed by atoms with van der Waals surface area (Å²) in [6.45, 7) is 0. The van der Waals surface area contributed by atoms with E-state index in [4.69, 9.17) is 4.74 Å². The van der Waals surface area contributed by atoms with Crippen LogP contribution in [0.4, 0.5) is 0 Å². The first kappa shape index (κ1) is 14.0. The normalized spacial score (nSPS) is 10.8. The number of benzene rings is 1. The van der Waals surface area contributed by atoms with E-state index in [1.807, 2.05) is 22.9 Å². The minimum atomic E-state index is -3.62. The van der Waals surface area contributed by atoms with Crippen LogP contribution >= 0.6 is 0 Å².